The zero-order chi connectivity index (χ0) is 13.7. The van der Waals surface area contributed by atoms with E-state index >= 15 is 0 Å². The molecule has 3 heterocycles. The number of anilines is 1. The molecule has 5 nitrogen and oxygen atoms in total. The molecule has 1 aromatic carbocycles. The Morgan fingerprint density at radius 3 is 2.75 bits per heavy atom. The van der Waals surface area contributed by atoms with E-state index in [1.165, 1.54) is 5.69 Å². The maximum Gasteiger partial charge on any atom is 0.158 e. The van der Waals surface area contributed by atoms with Crippen LogP contribution in [-0.4, -0.2) is 31.2 Å². The minimum atomic E-state index is 0.522. The van der Waals surface area contributed by atoms with Crippen LogP contribution in [0.1, 0.15) is 5.69 Å². The summed E-state index contributed by atoms with van der Waals surface area (Å²) in [5.41, 5.74) is 3.58. The van der Waals surface area contributed by atoms with Crippen molar-refractivity contribution in [3.63, 3.8) is 0 Å². The zero-order valence-corrected chi connectivity index (χ0v) is 11.5. The number of benzene rings is 1. The molecule has 2 aliphatic heterocycles. The third-order valence-corrected chi connectivity index (χ3v) is 4.43. The van der Waals surface area contributed by atoms with E-state index in [0.717, 1.165) is 42.8 Å². The second kappa shape index (κ2) is 4.07. The molecule has 2 saturated heterocycles. The van der Waals surface area contributed by atoms with E-state index in [1.807, 2.05) is 19.1 Å². The van der Waals surface area contributed by atoms with Gasteiger partial charge in [-0.25, -0.2) is 0 Å². The number of hydrogen-bond acceptors (Lipinski definition) is 5. The first-order valence-electron chi connectivity index (χ1n) is 6.93. The topological polar surface area (TPSA) is 63.4 Å². The number of hydrogen-bond donors (Lipinski definition) is 2. The predicted molar refractivity (Wildman–Crippen MR) is 78.8 cm³/mol. The molecule has 20 heavy (non-hydrogen) atoms. The van der Waals surface area contributed by atoms with Gasteiger partial charge in [-0.3, -0.25) is 4.98 Å². The summed E-state index contributed by atoms with van der Waals surface area (Å²) >= 11 is 0. The molecule has 104 valence electrons. The number of pyridine rings is 1. The van der Waals surface area contributed by atoms with Crippen LogP contribution in [0, 0.1) is 12.3 Å². The van der Waals surface area contributed by atoms with Gasteiger partial charge in [0.2, 0.25) is 0 Å². The lowest BCUT2D eigenvalue weighted by atomic mass is 9.74. The van der Waals surface area contributed by atoms with Crippen molar-refractivity contribution in [2.24, 2.45) is 11.3 Å². The summed E-state index contributed by atoms with van der Waals surface area (Å²) < 4.78 is 0. The van der Waals surface area contributed by atoms with Crippen LogP contribution in [-0.2, 0) is 0 Å². The molecule has 1 spiro atoms. The van der Waals surface area contributed by atoms with Crippen molar-refractivity contribution in [3.8, 4) is 5.75 Å². The molecular formula is C15H18N4O. The molecule has 0 bridgehead atoms. The van der Waals surface area contributed by atoms with Crippen LogP contribution in [0.25, 0.3) is 10.9 Å². The minimum Gasteiger partial charge on any atom is -0.411 e. The molecule has 2 aliphatic rings. The number of nitrogens with two attached hydrogens (primary N) is 1. The fourth-order valence-electron chi connectivity index (χ4n) is 3.25. The van der Waals surface area contributed by atoms with Gasteiger partial charge in [0.1, 0.15) is 0 Å². The molecule has 4 rings (SSSR count). The normalized spacial score (nSPS) is 19.8. The lowest BCUT2D eigenvalue weighted by molar-refractivity contribution is 0.121. The van der Waals surface area contributed by atoms with Gasteiger partial charge in [-0.05, 0) is 25.1 Å². The number of nitrogens with zero attached hydrogens (tertiary/aromatic N) is 2. The van der Waals surface area contributed by atoms with Gasteiger partial charge < -0.3 is 15.1 Å². The van der Waals surface area contributed by atoms with Crippen LogP contribution in [0.3, 0.4) is 0 Å². The fourth-order valence-corrected chi connectivity index (χ4v) is 3.25. The fraction of sp³-hybridized carbons (Fsp3) is 0.400. The predicted octanol–water partition coefficient (Wildman–Crippen LogP) is 1.21. The summed E-state index contributed by atoms with van der Waals surface area (Å²) in [6.07, 6.45) is 0. The molecule has 0 amide bonds. The molecule has 5 heteroatoms. The average Bonchev–Trinajstić information content (AvgIpc) is 2.34. The van der Waals surface area contributed by atoms with Gasteiger partial charge in [0.25, 0.3) is 0 Å². The number of rotatable bonds is 2. The second-order valence-electron chi connectivity index (χ2n) is 6.04. The van der Waals surface area contributed by atoms with Crippen molar-refractivity contribution in [2.75, 3.05) is 31.1 Å². The number of nitrogens with one attached hydrogen (secondary N) is 1. The van der Waals surface area contributed by atoms with Gasteiger partial charge in [-0.15, -0.1) is 0 Å². The molecule has 0 atom stereocenters. The summed E-state index contributed by atoms with van der Waals surface area (Å²) in [6.45, 7) is 6.50. The van der Waals surface area contributed by atoms with E-state index in [0.29, 0.717) is 11.2 Å². The first-order valence-corrected chi connectivity index (χ1v) is 6.93. The zero-order valence-electron chi connectivity index (χ0n) is 11.5. The molecule has 0 aliphatic carbocycles. The van der Waals surface area contributed by atoms with E-state index in [4.69, 9.17) is 10.7 Å². The third kappa shape index (κ3) is 1.67. The van der Waals surface area contributed by atoms with E-state index in [2.05, 4.69) is 27.3 Å². The summed E-state index contributed by atoms with van der Waals surface area (Å²) in [4.78, 5) is 11.9. The van der Waals surface area contributed by atoms with Gasteiger partial charge in [-0.2, -0.15) is 5.90 Å². The summed E-state index contributed by atoms with van der Waals surface area (Å²) in [7, 11) is 0. The Morgan fingerprint density at radius 2 is 2.10 bits per heavy atom. The number of aryl methyl sites for hydroxylation is 1. The van der Waals surface area contributed by atoms with Gasteiger partial charge in [0, 0.05) is 54.4 Å². The van der Waals surface area contributed by atoms with Crippen molar-refractivity contribution in [1.29, 1.82) is 0 Å². The van der Waals surface area contributed by atoms with Crippen molar-refractivity contribution in [3.05, 3.63) is 30.0 Å². The van der Waals surface area contributed by atoms with Crippen LogP contribution in [0.15, 0.2) is 24.3 Å². The lowest BCUT2D eigenvalue weighted by Crippen LogP contribution is -2.71. The second-order valence-corrected chi connectivity index (χ2v) is 6.04. The maximum atomic E-state index is 5.38. The monoisotopic (exact) mass is 270 g/mol. The Morgan fingerprint density at radius 1 is 1.30 bits per heavy atom. The molecule has 2 fully saturated rings. The number of fused-ring (bicyclic) bond motifs is 1. The highest BCUT2D eigenvalue weighted by atomic mass is 16.6. The quantitative estimate of drug-likeness (QED) is 0.803. The van der Waals surface area contributed by atoms with E-state index in [1.54, 1.807) is 0 Å². The summed E-state index contributed by atoms with van der Waals surface area (Å²) in [6, 6.07) is 8.18. The highest BCUT2D eigenvalue weighted by molar-refractivity contribution is 5.88. The van der Waals surface area contributed by atoms with Gasteiger partial charge in [-0.1, -0.05) is 0 Å². The van der Waals surface area contributed by atoms with Crippen molar-refractivity contribution >= 4 is 16.6 Å². The van der Waals surface area contributed by atoms with Gasteiger partial charge in [0.05, 0.1) is 5.52 Å². The highest BCUT2D eigenvalue weighted by Crippen LogP contribution is 2.39. The molecule has 3 N–H and O–H groups in total. The molecule has 2 aromatic rings. The Kier molecular flexibility index (Phi) is 2.43. The van der Waals surface area contributed by atoms with E-state index in [9.17, 15) is 0 Å². The van der Waals surface area contributed by atoms with E-state index in [-0.39, 0.29) is 0 Å². The summed E-state index contributed by atoms with van der Waals surface area (Å²) in [5.74, 6) is 6.07. The SMILES string of the molecule is Cc1cc(ON)c2cc(N3CC4(CNC4)C3)ccc2n1. The van der Waals surface area contributed by atoms with Gasteiger partial charge >= 0.3 is 0 Å². The molecule has 0 radical (unpaired) electrons. The molecule has 1 aromatic heterocycles. The van der Waals surface area contributed by atoms with Crippen molar-refractivity contribution in [2.45, 2.75) is 6.92 Å². The number of aromatic nitrogens is 1. The Hall–Kier alpha value is -1.85. The van der Waals surface area contributed by atoms with Crippen LogP contribution in [0.5, 0.6) is 5.75 Å². The molecule has 0 unspecified atom stereocenters. The molecule has 0 saturated carbocycles. The smallest absolute Gasteiger partial charge is 0.158 e. The summed E-state index contributed by atoms with van der Waals surface area (Å²) in [5, 5.41) is 4.33. The highest BCUT2D eigenvalue weighted by Gasteiger charge is 2.47. The van der Waals surface area contributed by atoms with Gasteiger partial charge in [0.15, 0.2) is 5.75 Å². The molecular weight excluding hydrogens is 252 g/mol. The maximum absolute atomic E-state index is 5.38. The van der Waals surface area contributed by atoms with Crippen molar-refractivity contribution < 1.29 is 4.84 Å². The third-order valence-electron chi connectivity index (χ3n) is 4.43. The average molecular weight is 270 g/mol. The van der Waals surface area contributed by atoms with Crippen LogP contribution in [0.4, 0.5) is 5.69 Å². The Bertz CT molecular complexity index is 673. The van der Waals surface area contributed by atoms with E-state index < -0.39 is 0 Å². The lowest BCUT2D eigenvalue weighted by Gasteiger charge is -2.57. The van der Waals surface area contributed by atoms with Crippen LogP contribution >= 0.6 is 0 Å². The largest absolute Gasteiger partial charge is 0.411 e. The first kappa shape index (κ1) is 11.9. The standard InChI is InChI=1S/C15H18N4O/c1-10-4-14(20-16)12-5-11(2-3-13(12)18-10)19-8-15(9-19)6-17-7-15/h2-5,17H,6-9,16H2,1H3. The Balaban J connectivity index is 1.70. The minimum absolute atomic E-state index is 0.522. The Labute approximate surface area is 117 Å². The van der Waals surface area contributed by atoms with Crippen molar-refractivity contribution in [1.82, 2.24) is 10.3 Å². The van der Waals surface area contributed by atoms with Crippen LogP contribution < -0.4 is 21.0 Å². The first-order chi connectivity index (χ1) is 9.69. The van der Waals surface area contributed by atoms with Crippen LogP contribution in [0.2, 0.25) is 0 Å².